The van der Waals surface area contributed by atoms with Crippen LogP contribution in [0, 0.1) is 6.92 Å². The highest BCUT2D eigenvalue weighted by atomic mass is 16.5. The number of benzene rings is 2. The van der Waals surface area contributed by atoms with E-state index in [9.17, 15) is 9.90 Å². The van der Waals surface area contributed by atoms with E-state index in [0.29, 0.717) is 11.3 Å². The zero-order chi connectivity index (χ0) is 19.2. The third-order valence-electron chi connectivity index (χ3n) is 5.16. The van der Waals surface area contributed by atoms with Crippen LogP contribution in [-0.2, 0) is 6.42 Å². The molecule has 2 N–H and O–H groups in total. The van der Waals surface area contributed by atoms with Gasteiger partial charge in [-0.05, 0) is 61.6 Å². The summed E-state index contributed by atoms with van der Waals surface area (Å²) in [5.41, 5.74) is 3.61. The summed E-state index contributed by atoms with van der Waals surface area (Å²) in [4.78, 5) is 14.8. The van der Waals surface area contributed by atoms with Crippen molar-refractivity contribution in [2.24, 2.45) is 0 Å². The third kappa shape index (κ3) is 5.31. The molecule has 27 heavy (non-hydrogen) atoms. The number of piperidine rings is 1. The van der Waals surface area contributed by atoms with Crippen molar-refractivity contribution in [3.8, 4) is 5.75 Å². The van der Waals surface area contributed by atoms with E-state index in [1.54, 1.807) is 19.2 Å². The SMILES string of the molecule is COc1cc(C(=O)Nc2ccc(CCN3CCC(O)CC3)cc2)ccc1C. The van der Waals surface area contributed by atoms with Gasteiger partial charge in [0.15, 0.2) is 0 Å². The van der Waals surface area contributed by atoms with Gasteiger partial charge in [-0.3, -0.25) is 4.79 Å². The lowest BCUT2D eigenvalue weighted by Crippen LogP contribution is -2.37. The Morgan fingerprint density at radius 2 is 1.89 bits per heavy atom. The molecular weight excluding hydrogens is 340 g/mol. The summed E-state index contributed by atoms with van der Waals surface area (Å²) in [6.45, 7) is 4.89. The minimum absolute atomic E-state index is 0.127. The number of methoxy groups -OCH3 is 1. The highest BCUT2D eigenvalue weighted by molar-refractivity contribution is 6.04. The number of anilines is 1. The minimum Gasteiger partial charge on any atom is -0.496 e. The fourth-order valence-electron chi connectivity index (χ4n) is 3.35. The first kappa shape index (κ1) is 19.4. The van der Waals surface area contributed by atoms with Gasteiger partial charge in [0.2, 0.25) is 0 Å². The summed E-state index contributed by atoms with van der Waals surface area (Å²) in [6.07, 6.45) is 2.58. The number of amides is 1. The van der Waals surface area contributed by atoms with Gasteiger partial charge in [-0.1, -0.05) is 18.2 Å². The fourth-order valence-corrected chi connectivity index (χ4v) is 3.35. The molecule has 1 heterocycles. The molecule has 3 rings (SSSR count). The van der Waals surface area contributed by atoms with Crippen molar-refractivity contribution in [1.29, 1.82) is 0 Å². The largest absolute Gasteiger partial charge is 0.496 e. The van der Waals surface area contributed by atoms with Crippen LogP contribution in [0.5, 0.6) is 5.75 Å². The van der Waals surface area contributed by atoms with Gasteiger partial charge in [-0.2, -0.15) is 0 Å². The smallest absolute Gasteiger partial charge is 0.255 e. The van der Waals surface area contributed by atoms with E-state index < -0.39 is 0 Å². The van der Waals surface area contributed by atoms with Crippen molar-refractivity contribution < 1.29 is 14.6 Å². The number of hydrogen-bond donors (Lipinski definition) is 2. The average Bonchev–Trinajstić information content (AvgIpc) is 2.69. The average molecular weight is 368 g/mol. The van der Waals surface area contributed by atoms with E-state index in [-0.39, 0.29) is 12.0 Å². The van der Waals surface area contributed by atoms with Crippen LogP contribution in [0.4, 0.5) is 5.69 Å². The molecule has 0 aromatic heterocycles. The van der Waals surface area contributed by atoms with Gasteiger partial charge in [0, 0.05) is 30.9 Å². The van der Waals surface area contributed by atoms with Crippen molar-refractivity contribution in [2.75, 3.05) is 32.1 Å². The first-order valence-electron chi connectivity index (χ1n) is 9.50. The molecule has 2 aromatic rings. The van der Waals surface area contributed by atoms with Gasteiger partial charge in [0.05, 0.1) is 13.2 Å². The molecule has 1 saturated heterocycles. The Hall–Kier alpha value is -2.37. The second kappa shape index (κ2) is 9.02. The number of likely N-dealkylation sites (tertiary alicyclic amines) is 1. The summed E-state index contributed by atoms with van der Waals surface area (Å²) in [6, 6.07) is 13.5. The van der Waals surface area contributed by atoms with Gasteiger partial charge in [-0.15, -0.1) is 0 Å². The predicted octanol–water partition coefficient (Wildman–Crippen LogP) is 3.26. The van der Waals surface area contributed by atoms with E-state index in [1.807, 2.05) is 25.1 Å². The lowest BCUT2D eigenvalue weighted by Gasteiger charge is -2.29. The predicted molar refractivity (Wildman–Crippen MR) is 108 cm³/mol. The minimum atomic E-state index is -0.145. The van der Waals surface area contributed by atoms with E-state index >= 15 is 0 Å². The van der Waals surface area contributed by atoms with Gasteiger partial charge in [0.25, 0.3) is 5.91 Å². The number of nitrogens with zero attached hydrogens (tertiary/aromatic N) is 1. The van der Waals surface area contributed by atoms with E-state index in [2.05, 4.69) is 22.3 Å². The van der Waals surface area contributed by atoms with Crippen LogP contribution in [0.1, 0.15) is 34.3 Å². The fraction of sp³-hybridized carbons (Fsp3) is 0.409. The molecule has 1 fully saturated rings. The lowest BCUT2D eigenvalue weighted by molar-refractivity contribution is 0.0832. The number of aliphatic hydroxyl groups is 1. The monoisotopic (exact) mass is 368 g/mol. The van der Waals surface area contributed by atoms with Gasteiger partial charge >= 0.3 is 0 Å². The molecule has 1 amide bonds. The molecule has 0 unspecified atom stereocenters. The van der Waals surface area contributed by atoms with Crippen LogP contribution in [0.3, 0.4) is 0 Å². The Morgan fingerprint density at radius 3 is 2.56 bits per heavy atom. The number of ether oxygens (including phenoxy) is 1. The molecule has 0 atom stereocenters. The maximum atomic E-state index is 12.4. The molecule has 2 aromatic carbocycles. The lowest BCUT2D eigenvalue weighted by atomic mass is 10.1. The second-order valence-corrected chi connectivity index (χ2v) is 7.16. The molecule has 0 radical (unpaired) electrons. The Labute approximate surface area is 161 Å². The Bertz CT molecular complexity index is 766. The molecule has 5 nitrogen and oxygen atoms in total. The van der Waals surface area contributed by atoms with Crippen LogP contribution in [0.25, 0.3) is 0 Å². The summed E-state index contributed by atoms with van der Waals surface area (Å²) in [7, 11) is 1.61. The van der Waals surface area contributed by atoms with Crippen LogP contribution >= 0.6 is 0 Å². The van der Waals surface area contributed by atoms with Crippen LogP contribution in [0.2, 0.25) is 0 Å². The molecule has 0 spiro atoms. The zero-order valence-corrected chi connectivity index (χ0v) is 16.1. The molecule has 0 aliphatic carbocycles. The number of aliphatic hydroxyl groups excluding tert-OH is 1. The number of rotatable bonds is 6. The van der Waals surface area contributed by atoms with Crippen molar-refractivity contribution in [3.05, 3.63) is 59.2 Å². The topological polar surface area (TPSA) is 61.8 Å². The van der Waals surface area contributed by atoms with E-state index in [0.717, 1.165) is 50.1 Å². The maximum Gasteiger partial charge on any atom is 0.255 e. The van der Waals surface area contributed by atoms with E-state index in [1.165, 1.54) is 5.56 Å². The van der Waals surface area contributed by atoms with Gasteiger partial charge in [-0.25, -0.2) is 0 Å². The molecule has 144 valence electrons. The number of carbonyl (C=O) groups is 1. The van der Waals surface area contributed by atoms with Crippen molar-refractivity contribution in [3.63, 3.8) is 0 Å². The standard InChI is InChI=1S/C22H28N2O3/c1-16-3-6-18(15-21(16)27-2)22(26)23-19-7-4-17(5-8-19)9-12-24-13-10-20(25)11-14-24/h3-8,15,20,25H,9-14H2,1-2H3,(H,23,26). The van der Waals surface area contributed by atoms with Crippen molar-refractivity contribution in [1.82, 2.24) is 4.90 Å². The maximum absolute atomic E-state index is 12.4. The quantitative estimate of drug-likeness (QED) is 0.822. The zero-order valence-electron chi connectivity index (χ0n) is 16.1. The van der Waals surface area contributed by atoms with Crippen molar-refractivity contribution in [2.45, 2.75) is 32.3 Å². The van der Waals surface area contributed by atoms with Gasteiger partial charge in [0.1, 0.15) is 5.75 Å². The molecule has 0 saturated carbocycles. The highest BCUT2D eigenvalue weighted by Crippen LogP contribution is 2.20. The van der Waals surface area contributed by atoms with Crippen LogP contribution in [-0.4, -0.2) is 48.8 Å². The molecule has 5 heteroatoms. The van der Waals surface area contributed by atoms with Crippen molar-refractivity contribution >= 4 is 11.6 Å². The van der Waals surface area contributed by atoms with Crippen LogP contribution < -0.4 is 10.1 Å². The van der Waals surface area contributed by atoms with E-state index in [4.69, 9.17) is 4.74 Å². The first-order chi connectivity index (χ1) is 13.0. The molecule has 0 bridgehead atoms. The molecular formula is C22H28N2O3. The molecule has 1 aliphatic rings. The Morgan fingerprint density at radius 1 is 1.19 bits per heavy atom. The number of hydrogen-bond acceptors (Lipinski definition) is 4. The third-order valence-corrected chi connectivity index (χ3v) is 5.16. The number of aryl methyl sites for hydroxylation is 1. The second-order valence-electron chi connectivity index (χ2n) is 7.16. The van der Waals surface area contributed by atoms with Gasteiger partial charge < -0.3 is 20.1 Å². The highest BCUT2D eigenvalue weighted by Gasteiger charge is 2.16. The number of carbonyl (C=O) groups excluding carboxylic acids is 1. The Balaban J connectivity index is 1.53. The molecule has 1 aliphatic heterocycles. The Kier molecular flexibility index (Phi) is 6.48. The van der Waals surface area contributed by atoms with Crippen LogP contribution in [0.15, 0.2) is 42.5 Å². The first-order valence-corrected chi connectivity index (χ1v) is 9.50. The summed E-state index contributed by atoms with van der Waals surface area (Å²) in [5, 5.41) is 12.5. The normalized spacial score (nSPS) is 15.5. The number of nitrogens with one attached hydrogen (secondary N) is 1. The summed E-state index contributed by atoms with van der Waals surface area (Å²) < 4.78 is 5.29. The summed E-state index contributed by atoms with van der Waals surface area (Å²) >= 11 is 0. The summed E-state index contributed by atoms with van der Waals surface area (Å²) in [5.74, 6) is 0.566.